The molecule has 3 nitrogen and oxygen atoms in total. The van der Waals surface area contributed by atoms with Crippen LogP contribution < -0.4 is 0 Å². The third-order valence-electron chi connectivity index (χ3n) is 8.16. The first kappa shape index (κ1) is 32.2. The van der Waals surface area contributed by atoms with Gasteiger partial charge in [0, 0.05) is 23.7 Å². The summed E-state index contributed by atoms with van der Waals surface area (Å²) in [7, 11) is 0. The molecule has 0 aromatic heterocycles. The van der Waals surface area contributed by atoms with Crippen molar-refractivity contribution < 1.29 is 15.0 Å². The topological polar surface area (TPSA) is 57.5 Å². The zero-order valence-corrected chi connectivity index (χ0v) is 25.1. The van der Waals surface area contributed by atoms with Gasteiger partial charge in [-0.05, 0) is 72.6 Å². The normalized spacial score (nSPS) is 15.0. The van der Waals surface area contributed by atoms with Crippen LogP contribution in [0.25, 0.3) is 0 Å². The maximum absolute atomic E-state index is 12.5. The van der Waals surface area contributed by atoms with Gasteiger partial charge in [0.2, 0.25) is 0 Å². The third kappa shape index (κ3) is 10.3. The standard InChI is InChI=1S/C35H54O3/c1-27(2)23-29-13-17-31(18-14-29)34(5,25-36)21-9-7-11-33(38)12-8-10-22-35(6,26-37)32-19-15-30(16-20-32)24-28(3)4/h13-20,27-28,36-37H,7-12,21-26H2,1-6H3. The van der Waals surface area contributed by atoms with Crippen molar-refractivity contribution in [2.75, 3.05) is 13.2 Å². The summed E-state index contributed by atoms with van der Waals surface area (Å²) in [5, 5.41) is 20.3. The SMILES string of the molecule is CC(C)Cc1ccc(C(C)(CO)CCCCC(=O)CCCCC(C)(CO)c2ccc(CC(C)C)cc2)cc1. The minimum Gasteiger partial charge on any atom is -0.395 e. The summed E-state index contributed by atoms with van der Waals surface area (Å²) in [4.78, 5) is 12.5. The molecule has 0 radical (unpaired) electrons. The molecule has 3 heteroatoms. The second-order valence-electron chi connectivity index (χ2n) is 13.0. The molecule has 0 saturated carbocycles. The average molecular weight is 523 g/mol. The van der Waals surface area contributed by atoms with E-state index in [4.69, 9.17) is 0 Å². The van der Waals surface area contributed by atoms with Crippen molar-refractivity contribution in [2.24, 2.45) is 11.8 Å². The lowest BCUT2D eigenvalue weighted by Crippen LogP contribution is -2.27. The Bertz CT molecular complexity index is 867. The molecular weight excluding hydrogens is 468 g/mol. The highest BCUT2D eigenvalue weighted by molar-refractivity contribution is 5.78. The molecule has 2 aromatic rings. The first-order valence-electron chi connectivity index (χ1n) is 14.9. The Morgan fingerprint density at radius 1 is 0.632 bits per heavy atom. The van der Waals surface area contributed by atoms with Crippen molar-refractivity contribution in [3.63, 3.8) is 0 Å². The van der Waals surface area contributed by atoms with Crippen molar-refractivity contribution >= 4 is 5.78 Å². The average Bonchev–Trinajstić information content (AvgIpc) is 2.89. The van der Waals surface area contributed by atoms with Gasteiger partial charge in [0.1, 0.15) is 5.78 Å². The van der Waals surface area contributed by atoms with E-state index >= 15 is 0 Å². The number of carbonyl (C=O) groups is 1. The quantitative estimate of drug-likeness (QED) is 0.195. The highest BCUT2D eigenvalue weighted by Crippen LogP contribution is 2.31. The monoisotopic (exact) mass is 522 g/mol. The third-order valence-corrected chi connectivity index (χ3v) is 8.16. The van der Waals surface area contributed by atoms with Gasteiger partial charge in [-0.1, -0.05) is 103 Å². The molecule has 0 spiro atoms. The molecule has 0 aliphatic heterocycles. The number of benzene rings is 2. The predicted molar refractivity (Wildman–Crippen MR) is 161 cm³/mol. The zero-order chi connectivity index (χ0) is 28.2. The lowest BCUT2D eigenvalue weighted by molar-refractivity contribution is -0.119. The lowest BCUT2D eigenvalue weighted by Gasteiger charge is -2.28. The number of hydrogen-bond donors (Lipinski definition) is 2. The number of hydrogen-bond acceptors (Lipinski definition) is 3. The van der Waals surface area contributed by atoms with Crippen molar-refractivity contribution in [3.05, 3.63) is 70.8 Å². The van der Waals surface area contributed by atoms with E-state index in [1.54, 1.807) is 0 Å². The van der Waals surface area contributed by atoms with E-state index in [-0.39, 0.29) is 24.0 Å². The summed E-state index contributed by atoms with van der Waals surface area (Å²) < 4.78 is 0. The molecule has 0 aliphatic rings. The number of unbranched alkanes of at least 4 members (excludes halogenated alkanes) is 2. The fourth-order valence-electron chi connectivity index (χ4n) is 5.46. The van der Waals surface area contributed by atoms with Crippen LogP contribution in [0.4, 0.5) is 0 Å². The maximum atomic E-state index is 12.5. The summed E-state index contributed by atoms with van der Waals surface area (Å²) >= 11 is 0. The Morgan fingerprint density at radius 3 is 1.26 bits per heavy atom. The first-order chi connectivity index (χ1) is 18.0. The van der Waals surface area contributed by atoms with Gasteiger partial charge in [-0.25, -0.2) is 0 Å². The molecule has 212 valence electrons. The van der Waals surface area contributed by atoms with Gasteiger partial charge >= 0.3 is 0 Å². The molecule has 0 fully saturated rings. The molecule has 2 unspecified atom stereocenters. The highest BCUT2D eigenvalue weighted by atomic mass is 16.3. The van der Waals surface area contributed by atoms with Crippen molar-refractivity contribution in [1.29, 1.82) is 0 Å². The Hall–Kier alpha value is -1.97. The van der Waals surface area contributed by atoms with E-state index in [0.717, 1.165) is 51.4 Å². The largest absolute Gasteiger partial charge is 0.395 e. The second kappa shape index (κ2) is 15.6. The Labute approximate surface area is 233 Å². The van der Waals surface area contributed by atoms with Crippen LogP contribution in [0.3, 0.4) is 0 Å². The number of aliphatic hydroxyl groups excluding tert-OH is 2. The molecule has 0 aliphatic carbocycles. The van der Waals surface area contributed by atoms with Gasteiger partial charge in [-0.3, -0.25) is 4.79 Å². The van der Waals surface area contributed by atoms with Crippen LogP contribution in [-0.2, 0) is 28.5 Å². The second-order valence-corrected chi connectivity index (χ2v) is 13.0. The van der Waals surface area contributed by atoms with Gasteiger partial charge < -0.3 is 10.2 Å². The van der Waals surface area contributed by atoms with Crippen LogP contribution in [0.2, 0.25) is 0 Å². The number of Topliss-reactive ketones (excluding diaryl/α,β-unsaturated/α-hetero) is 1. The summed E-state index contributed by atoms with van der Waals surface area (Å²) in [6, 6.07) is 17.4. The van der Waals surface area contributed by atoms with Gasteiger partial charge in [-0.15, -0.1) is 0 Å². The van der Waals surface area contributed by atoms with Crippen molar-refractivity contribution in [3.8, 4) is 0 Å². The summed E-state index contributed by atoms with van der Waals surface area (Å²) in [6.45, 7) is 13.4. The van der Waals surface area contributed by atoms with Crippen molar-refractivity contribution in [2.45, 2.75) is 117 Å². The fraction of sp³-hybridized carbons (Fsp3) is 0.629. The van der Waals surface area contributed by atoms with E-state index < -0.39 is 0 Å². The molecule has 0 heterocycles. The van der Waals surface area contributed by atoms with E-state index in [9.17, 15) is 15.0 Å². The van der Waals surface area contributed by atoms with Crippen LogP contribution in [0.5, 0.6) is 0 Å². The lowest BCUT2D eigenvalue weighted by atomic mass is 9.78. The number of carbonyl (C=O) groups excluding carboxylic acids is 1. The molecule has 38 heavy (non-hydrogen) atoms. The Morgan fingerprint density at radius 2 is 0.974 bits per heavy atom. The molecule has 2 aromatic carbocycles. The van der Waals surface area contributed by atoms with Crippen molar-refractivity contribution in [1.82, 2.24) is 0 Å². The zero-order valence-electron chi connectivity index (χ0n) is 25.1. The number of ketones is 1. The van der Waals surface area contributed by atoms with Gasteiger partial charge in [0.05, 0.1) is 13.2 Å². The Kier molecular flexibility index (Phi) is 13.2. The molecule has 0 bridgehead atoms. The van der Waals surface area contributed by atoms with Crippen LogP contribution in [0.15, 0.2) is 48.5 Å². The minimum absolute atomic E-state index is 0.120. The van der Waals surface area contributed by atoms with E-state index in [1.807, 2.05) is 0 Å². The van der Waals surface area contributed by atoms with E-state index in [1.165, 1.54) is 22.3 Å². The Balaban J connectivity index is 1.73. The van der Waals surface area contributed by atoms with Gasteiger partial charge in [-0.2, -0.15) is 0 Å². The summed E-state index contributed by atoms with van der Waals surface area (Å²) in [6.07, 6.45) is 8.75. The number of aliphatic hydroxyl groups is 2. The highest BCUT2D eigenvalue weighted by Gasteiger charge is 2.26. The molecular formula is C35H54O3. The van der Waals surface area contributed by atoms with E-state index in [2.05, 4.69) is 90.1 Å². The van der Waals surface area contributed by atoms with Crippen LogP contribution in [0.1, 0.15) is 115 Å². The van der Waals surface area contributed by atoms with Crippen LogP contribution >= 0.6 is 0 Å². The first-order valence-corrected chi connectivity index (χ1v) is 14.9. The summed E-state index contributed by atoms with van der Waals surface area (Å²) in [5.74, 6) is 1.60. The molecule has 0 saturated heterocycles. The fourth-order valence-corrected chi connectivity index (χ4v) is 5.46. The van der Waals surface area contributed by atoms with Gasteiger partial charge in [0.15, 0.2) is 0 Å². The van der Waals surface area contributed by atoms with Gasteiger partial charge in [0.25, 0.3) is 0 Å². The van der Waals surface area contributed by atoms with Crippen LogP contribution in [0, 0.1) is 11.8 Å². The molecule has 2 N–H and O–H groups in total. The molecule has 2 rings (SSSR count). The van der Waals surface area contributed by atoms with Crippen LogP contribution in [-0.4, -0.2) is 29.2 Å². The number of rotatable bonds is 18. The minimum atomic E-state index is -0.263. The maximum Gasteiger partial charge on any atom is 0.132 e. The summed E-state index contributed by atoms with van der Waals surface area (Å²) in [5.41, 5.74) is 4.52. The molecule has 0 amide bonds. The van der Waals surface area contributed by atoms with E-state index in [0.29, 0.717) is 30.5 Å². The smallest absolute Gasteiger partial charge is 0.132 e. The predicted octanol–water partition coefficient (Wildman–Crippen LogP) is 7.97. The molecule has 2 atom stereocenters.